The first-order chi connectivity index (χ1) is 8.00. The van der Waals surface area contributed by atoms with Crippen LogP contribution >= 0.6 is 11.6 Å². The Labute approximate surface area is 106 Å². The fourth-order valence-corrected chi connectivity index (χ4v) is 1.66. The number of nitrogens with zero attached hydrogens (tertiary/aromatic N) is 1. The predicted octanol–water partition coefficient (Wildman–Crippen LogP) is 0.992. The lowest BCUT2D eigenvalue weighted by atomic mass is 10.2. The van der Waals surface area contributed by atoms with Crippen LogP contribution in [0.4, 0.5) is 0 Å². The molecule has 0 saturated heterocycles. The van der Waals surface area contributed by atoms with Crippen molar-refractivity contribution >= 4 is 17.5 Å². The molecule has 0 spiro atoms. The molecular weight excluding hydrogens is 240 g/mol. The van der Waals surface area contributed by atoms with Gasteiger partial charge in [0.05, 0.1) is 16.7 Å². The van der Waals surface area contributed by atoms with Gasteiger partial charge in [0.15, 0.2) is 0 Å². The summed E-state index contributed by atoms with van der Waals surface area (Å²) in [6.07, 6.45) is -0.587. The summed E-state index contributed by atoms with van der Waals surface area (Å²) in [5, 5.41) is 12.6. The molecule has 94 valence electrons. The lowest BCUT2D eigenvalue weighted by Crippen LogP contribution is -2.37. The number of carbonyl (C=O) groups is 1. The zero-order valence-corrected chi connectivity index (χ0v) is 10.7. The van der Waals surface area contributed by atoms with Crippen LogP contribution in [0.5, 0.6) is 0 Å². The lowest BCUT2D eigenvalue weighted by molar-refractivity contribution is 0.0892. The molecule has 0 radical (unpaired) electrons. The normalized spacial score (nSPS) is 12.5. The molecule has 0 aliphatic heterocycles. The molecule has 0 heterocycles. The third kappa shape index (κ3) is 4.73. The van der Waals surface area contributed by atoms with E-state index in [1.807, 2.05) is 19.0 Å². The van der Waals surface area contributed by atoms with E-state index in [9.17, 15) is 9.90 Å². The van der Waals surface area contributed by atoms with Gasteiger partial charge < -0.3 is 15.3 Å². The van der Waals surface area contributed by atoms with Crippen LogP contribution in [-0.2, 0) is 0 Å². The SMILES string of the molecule is CN(C)CC(O)CNC(=O)c1ccccc1Cl. The highest BCUT2D eigenvalue weighted by Crippen LogP contribution is 2.14. The van der Waals surface area contributed by atoms with Gasteiger partial charge in [-0.05, 0) is 26.2 Å². The number of aliphatic hydroxyl groups excluding tert-OH is 1. The van der Waals surface area contributed by atoms with E-state index in [-0.39, 0.29) is 12.5 Å². The minimum Gasteiger partial charge on any atom is -0.390 e. The van der Waals surface area contributed by atoms with E-state index in [1.165, 1.54) is 0 Å². The molecule has 2 N–H and O–H groups in total. The van der Waals surface area contributed by atoms with Crippen molar-refractivity contribution < 1.29 is 9.90 Å². The van der Waals surface area contributed by atoms with Crippen molar-refractivity contribution in [2.24, 2.45) is 0 Å². The Hall–Kier alpha value is -1.10. The van der Waals surface area contributed by atoms with Crippen LogP contribution in [-0.4, -0.2) is 49.2 Å². The first kappa shape index (κ1) is 14.0. The number of halogens is 1. The molecule has 0 aliphatic rings. The number of amides is 1. The Kier molecular flexibility index (Phi) is 5.41. The highest BCUT2D eigenvalue weighted by atomic mass is 35.5. The minimum atomic E-state index is -0.587. The number of carbonyl (C=O) groups excluding carboxylic acids is 1. The van der Waals surface area contributed by atoms with Gasteiger partial charge in [-0.15, -0.1) is 0 Å². The maximum atomic E-state index is 11.7. The first-order valence-corrected chi connectivity index (χ1v) is 5.74. The van der Waals surface area contributed by atoms with Crippen LogP contribution in [0.15, 0.2) is 24.3 Å². The fourth-order valence-electron chi connectivity index (χ4n) is 1.44. The lowest BCUT2D eigenvalue weighted by Gasteiger charge is -2.16. The molecule has 0 aliphatic carbocycles. The quantitative estimate of drug-likeness (QED) is 0.826. The van der Waals surface area contributed by atoms with Gasteiger partial charge in [-0.3, -0.25) is 4.79 Å². The molecule has 4 nitrogen and oxygen atoms in total. The Balaban J connectivity index is 2.48. The number of benzene rings is 1. The molecule has 0 bridgehead atoms. The summed E-state index contributed by atoms with van der Waals surface area (Å²) in [4.78, 5) is 13.6. The Morgan fingerprint density at radius 1 is 1.47 bits per heavy atom. The summed E-state index contributed by atoms with van der Waals surface area (Å²) >= 11 is 5.89. The van der Waals surface area contributed by atoms with Crippen LogP contribution < -0.4 is 5.32 Å². The Morgan fingerprint density at radius 2 is 2.12 bits per heavy atom. The molecule has 0 saturated carbocycles. The van der Waals surface area contributed by atoms with Crippen molar-refractivity contribution in [3.05, 3.63) is 34.9 Å². The topological polar surface area (TPSA) is 52.6 Å². The molecule has 1 aromatic carbocycles. The van der Waals surface area contributed by atoms with Crippen molar-refractivity contribution in [1.82, 2.24) is 10.2 Å². The molecule has 0 aromatic heterocycles. The number of hydrogen-bond donors (Lipinski definition) is 2. The molecule has 1 unspecified atom stereocenters. The van der Waals surface area contributed by atoms with Crippen LogP contribution in [0.3, 0.4) is 0 Å². The van der Waals surface area contributed by atoms with E-state index < -0.39 is 6.10 Å². The third-order valence-electron chi connectivity index (χ3n) is 2.19. The Morgan fingerprint density at radius 3 is 2.71 bits per heavy atom. The second-order valence-corrected chi connectivity index (χ2v) is 4.51. The van der Waals surface area contributed by atoms with E-state index in [0.29, 0.717) is 17.1 Å². The van der Waals surface area contributed by atoms with Gasteiger partial charge in [-0.1, -0.05) is 23.7 Å². The molecular formula is C12H17ClN2O2. The van der Waals surface area contributed by atoms with Crippen LogP contribution in [0, 0.1) is 0 Å². The highest BCUT2D eigenvalue weighted by molar-refractivity contribution is 6.33. The largest absolute Gasteiger partial charge is 0.390 e. The second-order valence-electron chi connectivity index (χ2n) is 4.11. The summed E-state index contributed by atoms with van der Waals surface area (Å²) in [5.41, 5.74) is 0.422. The molecule has 1 amide bonds. The summed E-state index contributed by atoms with van der Waals surface area (Å²) in [6, 6.07) is 6.82. The van der Waals surface area contributed by atoms with Gasteiger partial charge in [-0.25, -0.2) is 0 Å². The first-order valence-electron chi connectivity index (χ1n) is 5.36. The highest BCUT2D eigenvalue weighted by Gasteiger charge is 2.11. The smallest absolute Gasteiger partial charge is 0.252 e. The summed E-state index contributed by atoms with van der Waals surface area (Å²) < 4.78 is 0. The molecule has 0 fully saturated rings. The average Bonchev–Trinajstić information content (AvgIpc) is 2.25. The summed E-state index contributed by atoms with van der Waals surface area (Å²) in [7, 11) is 3.72. The van der Waals surface area contributed by atoms with Crippen molar-refractivity contribution in [3.8, 4) is 0 Å². The second kappa shape index (κ2) is 6.59. The third-order valence-corrected chi connectivity index (χ3v) is 2.52. The standard InChI is InChI=1S/C12H17ClN2O2/c1-15(2)8-9(16)7-14-12(17)10-5-3-4-6-11(10)13/h3-6,9,16H,7-8H2,1-2H3,(H,14,17). The van der Waals surface area contributed by atoms with E-state index in [0.717, 1.165) is 0 Å². The number of rotatable bonds is 5. The van der Waals surface area contributed by atoms with Crippen molar-refractivity contribution in [2.45, 2.75) is 6.10 Å². The predicted molar refractivity (Wildman–Crippen MR) is 68.3 cm³/mol. The fraction of sp³-hybridized carbons (Fsp3) is 0.417. The summed E-state index contributed by atoms with van der Waals surface area (Å²) in [5.74, 6) is -0.270. The Bertz CT molecular complexity index is 383. The van der Waals surface area contributed by atoms with Gasteiger partial charge >= 0.3 is 0 Å². The molecule has 5 heteroatoms. The number of nitrogens with one attached hydrogen (secondary N) is 1. The van der Waals surface area contributed by atoms with Crippen molar-refractivity contribution in [3.63, 3.8) is 0 Å². The number of hydrogen-bond acceptors (Lipinski definition) is 3. The average molecular weight is 257 g/mol. The van der Waals surface area contributed by atoms with E-state index in [4.69, 9.17) is 11.6 Å². The molecule has 1 rings (SSSR count). The number of aliphatic hydroxyl groups is 1. The van der Waals surface area contributed by atoms with Crippen molar-refractivity contribution in [2.75, 3.05) is 27.2 Å². The van der Waals surface area contributed by atoms with Gasteiger partial charge in [0.1, 0.15) is 0 Å². The van der Waals surface area contributed by atoms with Gasteiger partial charge in [0.25, 0.3) is 5.91 Å². The van der Waals surface area contributed by atoms with Crippen LogP contribution in [0.1, 0.15) is 10.4 Å². The van der Waals surface area contributed by atoms with E-state index in [1.54, 1.807) is 24.3 Å². The van der Waals surface area contributed by atoms with Gasteiger partial charge in [0.2, 0.25) is 0 Å². The zero-order chi connectivity index (χ0) is 12.8. The van der Waals surface area contributed by atoms with E-state index >= 15 is 0 Å². The van der Waals surface area contributed by atoms with Crippen LogP contribution in [0.2, 0.25) is 5.02 Å². The monoisotopic (exact) mass is 256 g/mol. The minimum absolute atomic E-state index is 0.211. The molecule has 1 atom stereocenters. The van der Waals surface area contributed by atoms with Gasteiger partial charge in [0, 0.05) is 13.1 Å². The maximum Gasteiger partial charge on any atom is 0.252 e. The zero-order valence-electron chi connectivity index (χ0n) is 9.98. The number of likely N-dealkylation sites (N-methyl/N-ethyl adjacent to an activating group) is 1. The van der Waals surface area contributed by atoms with Crippen molar-refractivity contribution in [1.29, 1.82) is 0 Å². The van der Waals surface area contributed by atoms with Gasteiger partial charge in [-0.2, -0.15) is 0 Å². The summed E-state index contributed by atoms with van der Waals surface area (Å²) in [6.45, 7) is 0.713. The molecule has 1 aromatic rings. The van der Waals surface area contributed by atoms with E-state index in [2.05, 4.69) is 5.32 Å². The van der Waals surface area contributed by atoms with Crippen LogP contribution in [0.25, 0.3) is 0 Å². The molecule has 17 heavy (non-hydrogen) atoms. The maximum absolute atomic E-state index is 11.7.